The molecule has 1 fully saturated rings. The first kappa shape index (κ1) is 10.3. The van der Waals surface area contributed by atoms with Crippen LogP contribution in [-0.2, 0) is 0 Å². The Bertz CT molecular complexity index is 178. The Morgan fingerprint density at radius 3 is 2.15 bits per heavy atom. The molecular weight excluding hydrogens is 156 g/mol. The Morgan fingerprint density at radius 1 is 0.846 bits per heavy atom. The van der Waals surface area contributed by atoms with Gasteiger partial charge in [-0.15, -0.1) is 0 Å². The maximum atomic E-state index is 3.64. The SMILES string of the molecule is C=C/C=C\C=C\C1CCCCCC1. The van der Waals surface area contributed by atoms with Crippen LogP contribution in [0.25, 0.3) is 0 Å². The molecule has 13 heavy (non-hydrogen) atoms. The Morgan fingerprint density at radius 2 is 1.54 bits per heavy atom. The average Bonchev–Trinajstić information content (AvgIpc) is 2.41. The molecule has 0 unspecified atom stereocenters. The Hall–Kier alpha value is -0.780. The van der Waals surface area contributed by atoms with Gasteiger partial charge in [0, 0.05) is 0 Å². The molecule has 0 radical (unpaired) electrons. The summed E-state index contributed by atoms with van der Waals surface area (Å²) in [6.45, 7) is 3.64. The fraction of sp³-hybridized carbons (Fsp3) is 0.538. The summed E-state index contributed by atoms with van der Waals surface area (Å²) in [4.78, 5) is 0. The normalized spacial score (nSPS) is 20.9. The molecule has 0 amide bonds. The van der Waals surface area contributed by atoms with Gasteiger partial charge >= 0.3 is 0 Å². The summed E-state index contributed by atoms with van der Waals surface area (Å²) >= 11 is 0. The highest BCUT2D eigenvalue weighted by molar-refractivity contribution is 5.09. The van der Waals surface area contributed by atoms with Crippen LogP contribution in [0.2, 0.25) is 0 Å². The van der Waals surface area contributed by atoms with Crippen molar-refractivity contribution in [2.45, 2.75) is 38.5 Å². The summed E-state index contributed by atoms with van der Waals surface area (Å²) in [6.07, 6.45) is 18.9. The maximum Gasteiger partial charge on any atom is -0.0230 e. The summed E-state index contributed by atoms with van der Waals surface area (Å²) in [7, 11) is 0. The van der Waals surface area contributed by atoms with E-state index in [4.69, 9.17) is 0 Å². The largest absolute Gasteiger partial charge is 0.0991 e. The second-order valence-corrected chi connectivity index (χ2v) is 3.76. The van der Waals surface area contributed by atoms with Gasteiger partial charge in [0.2, 0.25) is 0 Å². The number of allylic oxidation sites excluding steroid dienone is 5. The summed E-state index contributed by atoms with van der Waals surface area (Å²) in [6, 6.07) is 0. The molecule has 0 aliphatic heterocycles. The lowest BCUT2D eigenvalue weighted by molar-refractivity contribution is 0.559. The van der Waals surface area contributed by atoms with Gasteiger partial charge in [-0.3, -0.25) is 0 Å². The summed E-state index contributed by atoms with van der Waals surface area (Å²) in [5, 5.41) is 0. The lowest BCUT2D eigenvalue weighted by atomic mass is 10.00. The predicted octanol–water partition coefficient (Wildman–Crippen LogP) is 4.26. The van der Waals surface area contributed by atoms with Gasteiger partial charge in [0.1, 0.15) is 0 Å². The van der Waals surface area contributed by atoms with Gasteiger partial charge in [0.25, 0.3) is 0 Å². The predicted molar refractivity (Wildman–Crippen MR) is 59.7 cm³/mol. The Kier molecular flexibility index (Phi) is 5.31. The van der Waals surface area contributed by atoms with Crippen molar-refractivity contribution in [2.24, 2.45) is 5.92 Å². The van der Waals surface area contributed by atoms with Crippen LogP contribution < -0.4 is 0 Å². The van der Waals surface area contributed by atoms with Crippen LogP contribution in [0.5, 0.6) is 0 Å². The second-order valence-electron chi connectivity index (χ2n) is 3.76. The Labute approximate surface area is 82.0 Å². The molecule has 1 aliphatic carbocycles. The van der Waals surface area contributed by atoms with E-state index in [2.05, 4.69) is 24.8 Å². The zero-order valence-corrected chi connectivity index (χ0v) is 8.41. The molecule has 0 N–H and O–H groups in total. The van der Waals surface area contributed by atoms with E-state index in [1.807, 2.05) is 12.2 Å². The summed E-state index contributed by atoms with van der Waals surface area (Å²) < 4.78 is 0. The lowest BCUT2D eigenvalue weighted by Gasteiger charge is -2.06. The third-order valence-corrected chi connectivity index (χ3v) is 2.64. The van der Waals surface area contributed by atoms with Crippen LogP contribution in [0, 0.1) is 5.92 Å². The molecule has 0 saturated heterocycles. The fourth-order valence-electron chi connectivity index (χ4n) is 1.87. The van der Waals surface area contributed by atoms with E-state index in [0.717, 1.165) is 5.92 Å². The van der Waals surface area contributed by atoms with Gasteiger partial charge < -0.3 is 0 Å². The number of hydrogen-bond acceptors (Lipinski definition) is 0. The van der Waals surface area contributed by atoms with E-state index >= 15 is 0 Å². The first-order valence-electron chi connectivity index (χ1n) is 5.39. The van der Waals surface area contributed by atoms with Crippen LogP contribution in [0.4, 0.5) is 0 Å². The van der Waals surface area contributed by atoms with Gasteiger partial charge in [-0.1, -0.05) is 62.6 Å². The molecule has 0 heteroatoms. The van der Waals surface area contributed by atoms with Crippen molar-refractivity contribution in [2.75, 3.05) is 0 Å². The molecule has 0 heterocycles. The Balaban J connectivity index is 2.28. The molecule has 1 saturated carbocycles. The smallest absolute Gasteiger partial charge is 0.0230 e. The molecule has 0 bridgehead atoms. The molecular formula is C13H20. The zero-order valence-electron chi connectivity index (χ0n) is 8.41. The maximum absolute atomic E-state index is 3.64. The van der Waals surface area contributed by atoms with Gasteiger partial charge in [-0.25, -0.2) is 0 Å². The quantitative estimate of drug-likeness (QED) is 0.445. The first-order chi connectivity index (χ1) is 6.43. The van der Waals surface area contributed by atoms with E-state index in [-0.39, 0.29) is 0 Å². The fourth-order valence-corrected chi connectivity index (χ4v) is 1.87. The third kappa shape index (κ3) is 4.72. The van der Waals surface area contributed by atoms with Crippen LogP contribution in [0.3, 0.4) is 0 Å². The topological polar surface area (TPSA) is 0 Å². The molecule has 0 spiro atoms. The molecule has 0 aromatic rings. The van der Waals surface area contributed by atoms with E-state index in [1.54, 1.807) is 0 Å². The van der Waals surface area contributed by atoms with Gasteiger partial charge in [0.15, 0.2) is 0 Å². The molecule has 1 rings (SSSR count). The minimum absolute atomic E-state index is 0.831. The second kappa shape index (κ2) is 6.71. The minimum atomic E-state index is 0.831. The van der Waals surface area contributed by atoms with Crippen molar-refractivity contribution in [1.82, 2.24) is 0 Å². The zero-order chi connectivity index (χ0) is 9.36. The summed E-state index contributed by atoms with van der Waals surface area (Å²) in [5.41, 5.74) is 0. The molecule has 0 aromatic carbocycles. The summed E-state index contributed by atoms with van der Waals surface area (Å²) in [5.74, 6) is 0.831. The van der Waals surface area contributed by atoms with Crippen LogP contribution in [0.15, 0.2) is 37.0 Å². The van der Waals surface area contributed by atoms with E-state index in [0.29, 0.717) is 0 Å². The van der Waals surface area contributed by atoms with Crippen molar-refractivity contribution < 1.29 is 0 Å². The van der Waals surface area contributed by atoms with Gasteiger partial charge in [-0.05, 0) is 18.8 Å². The molecule has 1 aliphatic rings. The number of rotatable bonds is 3. The monoisotopic (exact) mass is 176 g/mol. The van der Waals surface area contributed by atoms with Crippen molar-refractivity contribution in [3.05, 3.63) is 37.0 Å². The van der Waals surface area contributed by atoms with E-state index < -0.39 is 0 Å². The van der Waals surface area contributed by atoms with Gasteiger partial charge in [0.05, 0.1) is 0 Å². The third-order valence-electron chi connectivity index (χ3n) is 2.64. The van der Waals surface area contributed by atoms with Crippen LogP contribution in [0.1, 0.15) is 38.5 Å². The highest BCUT2D eigenvalue weighted by Crippen LogP contribution is 2.23. The minimum Gasteiger partial charge on any atom is -0.0991 e. The number of hydrogen-bond donors (Lipinski definition) is 0. The van der Waals surface area contributed by atoms with E-state index in [1.165, 1.54) is 38.5 Å². The lowest BCUT2D eigenvalue weighted by Crippen LogP contribution is -1.92. The standard InChI is InChI=1S/C13H20/c1-2-3-4-7-10-13-11-8-5-6-9-12-13/h2-4,7,10,13H,1,5-6,8-9,11-12H2/b4-3-,10-7+. The van der Waals surface area contributed by atoms with E-state index in [9.17, 15) is 0 Å². The first-order valence-corrected chi connectivity index (χ1v) is 5.39. The average molecular weight is 176 g/mol. The van der Waals surface area contributed by atoms with Crippen molar-refractivity contribution in [3.8, 4) is 0 Å². The highest BCUT2D eigenvalue weighted by Gasteiger charge is 2.07. The van der Waals surface area contributed by atoms with Crippen LogP contribution >= 0.6 is 0 Å². The van der Waals surface area contributed by atoms with Crippen molar-refractivity contribution in [3.63, 3.8) is 0 Å². The van der Waals surface area contributed by atoms with Crippen molar-refractivity contribution >= 4 is 0 Å². The van der Waals surface area contributed by atoms with Gasteiger partial charge in [-0.2, -0.15) is 0 Å². The molecule has 0 nitrogen and oxygen atoms in total. The highest BCUT2D eigenvalue weighted by atomic mass is 14.1. The molecule has 72 valence electrons. The molecule has 0 atom stereocenters. The van der Waals surface area contributed by atoms with Crippen LogP contribution in [-0.4, -0.2) is 0 Å². The molecule has 0 aromatic heterocycles. The van der Waals surface area contributed by atoms with Crippen molar-refractivity contribution in [1.29, 1.82) is 0 Å².